The number of nitrogens with one attached hydrogen (secondary N) is 1. The van der Waals surface area contributed by atoms with Gasteiger partial charge in [-0.25, -0.2) is 0 Å². The Bertz CT molecular complexity index is 709. The Labute approximate surface area is 122 Å². The molecule has 2 unspecified atom stereocenters. The fraction of sp³-hybridized carbons (Fsp3) is 0.467. The van der Waals surface area contributed by atoms with Crippen molar-refractivity contribution in [2.45, 2.75) is 18.5 Å². The Kier molecular flexibility index (Phi) is 2.68. The summed E-state index contributed by atoms with van der Waals surface area (Å²) < 4.78 is 5.24. The molecule has 2 aromatic rings. The number of H-pyrrole nitrogens is 1. The molecular weight excluding hydrogens is 268 g/mol. The third-order valence-corrected chi connectivity index (χ3v) is 4.75. The first-order chi connectivity index (χ1) is 10.2. The average Bonchev–Trinajstić information content (AvgIpc) is 3.18. The number of fused-ring (bicyclic) bond motifs is 3. The second-order valence-electron chi connectivity index (χ2n) is 5.92. The number of aromatic amines is 1. The first-order valence-corrected chi connectivity index (χ1v) is 7.20. The van der Waals surface area contributed by atoms with Gasteiger partial charge in [0, 0.05) is 30.6 Å². The van der Waals surface area contributed by atoms with Crippen LogP contribution in [0.3, 0.4) is 0 Å². The fourth-order valence-corrected chi connectivity index (χ4v) is 3.53. The number of aromatic nitrogens is 2. The summed E-state index contributed by atoms with van der Waals surface area (Å²) in [5.74, 6) is 0.760. The Morgan fingerprint density at radius 2 is 2.24 bits per heavy atom. The number of likely N-dealkylation sites (N-methyl/N-ethyl adjacent to an activating group) is 1. The molecule has 110 valence electrons. The van der Waals surface area contributed by atoms with Crippen molar-refractivity contribution in [1.82, 2.24) is 20.0 Å². The summed E-state index contributed by atoms with van der Waals surface area (Å²) in [7, 11) is 3.75. The molecule has 1 aromatic heterocycles. The molecule has 0 aliphatic carbocycles. The normalized spacial score (nSPS) is 25.0. The Morgan fingerprint density at radius 1 is 1.38 bits per heavy atom. The van der Waals surface area contributed by atoms with Gasteiger partial charge in [-0.1, -0.05) is 0 Å². The molecule has 2 aliphatic heterocycles. The molecule has 1 N–H and O–H groups in total. The lowest BCUT2D eigenvalue weighted by Gasteiger charge is -2.31. The zero-order valence-corrected chi connectivity index (χ0v) is 12.2. The van der Waals surface area contributed by atoms with Crippen molar-refractivity contribution >= 4 is 16.8 Å². The van der Waals surface area contributed by atoms with Gasteiger partial charge in [0.15, 0.2) is 5.69 Å². The fourth-order valence-electron chi connectivity index (χ4n) is 3.53. The van der Waals surface area contributed by atoms with E-state index >= 15 is 0 Å². The van der Waals surface area contributed by atoms with Crippen molar-refractivity contribution in [2.24, 2.45) is 0 Å². The van der Waals surface area contributed by atoms with Gasteiger partial charge in [-0.05, 0) is 31.7 Å². The number of carbonyl (C=O) groups excluding carboxylic acids is 1. The van der Waals surface area contributed by atoms with E-state index in [1.165, 1.54) is 0 Å². The first kappa shape index (κ1) is 12.6. The molecular formula is C15H18N4O2. The third kappa shape index (κ3) is 1.82. The van der Waals surface area contributed by atoms with E-state index in [0.29, 0.717) is 17.8 Å². The molecule has 4 rings (SSSR count). The number of rotatable bonds is 2. The molecule has 1 aromatic carbocycles. The molecule has 6 nitrogen and oxygen atoms in total. The predicted octanol–water partition coefficient (Wildman–Crippen LogP) is 1.10. The maximum atomic E-state index is 12.8. The van der Waals surface area contributed by atoms with Gasteiger partial charge in [-0.2, -0.15) is 5.10 Å². The number of ether oxygens (including phenoxy) is 1. The van der Waals surface area contributed by atoms with E-state index in [1.807, 2.05) is 23.1 Å². The second-order valence-corrected chi connectivity index (χ2v) is 5.92. The van der Waals surface area contributed by atoms with E-state index in [9.17, 15) is 4.79 Å². The van der Waals surface area contributed by atoms with Crippen molar-refractivity contribution < 1.29 is 9.53 Å². The van der Waals surface area contributed by atoms with Crippen molar-refractivity contribution in [3.63, 3.8) is 0 Å². The van der Waals surface area contributed by atoms with Crippen molar-refractivity contribution in [3.05, 3.63) is 23.9 Å². The number of carbonyl (C=O) groups is 1. The number of amides is 1. The highest BCUT2D eigenvalue weighted by atomic mass is 16.5. The van der Waals surface area contributed by atoms with Crippen molar-refractivity contribution in [2.75, 3.05) is 27.2 Å². The summed E-state index contributed by atoms with van der Waals surface area (Å²) in [5, 5.41) is 7.99. The summed E-state index contributed by atoms with van der Waals surface area (Å²) in [6, 6.07) is 6.44. The van der Waals surface area contributed by atoms with Gasteiger partial charge in [0.25, 0.3) is 5.91 Å². The predicted molar refractivity (Wildman–Crippen MR) is 78.5 cm³/mol. The lowest BCUT2D eigenvalue weighted by Crippen LogP contribution is -2.47. The van der Waals surface area contributed by atoms with Crippen LogP contribution in [0.5, 0.6) is 5.75 Å². The van der Waals surface area contributed by atoms with Crippen LogP contribution in [0.1, 0.15) is 16.9 Å². The minimum atomic E-state index is 0.0232. The maximum Gasteiger partial charge on any atom is 0.275 e. The lowest BCUT2D eigenvalue weighted by molar-refractivity contribution is 0.0646. The van der Waals surface area contributed by atoms with Crippen LogP contribution in [0.4, 0.5) is 0 Å². The largest absolute Gasteiger partial charge is 0.497 e. The van der Waals surface area contributed by atoms with Crippen LogP contribution in [0, 0.1) is 0 Å². The number of nitrogens with zero attached hydrogens (tertiary/aromatic N) is 3. The summed E-state index contributed by atoms with van der Waals surface area (Å²) in [6.07, 6.45) is 1.08. The van der Waals surface area contributed by atoms with Gasteiger partial charge in [0.1, 0.15) is 5.75 Å². The van der Waals surface area contributed by atoms with Crippen LogP contribution in [0.15, 0.2) is 18.2 Å². The number of methoxy groups -OCH3 is 1. The topological polar surface area (TPSA) is 61.5 Å². The standard InChI is InChI=1S/C15H18N4O2/c1-18-7-10-5-9(18)8-19(10)15(20)14-12-6-11(21-2)3-4-13(12)16-17-14/h3-4,6,9-10H,5,7-8H2,1-2H3,(H,16,17). The highest BCUT2D eigenvalue weighted by Gasteiger charge is 2.44. The van der Waals surface area contributed by atoms with E-state index in [2.05, 4.69) is 22.1 Å². The lowest BCUT2D eigenvalue weighted by atomic mass is 10.1. The number of likely N-dealkylation sites (tertiary alicyclic amines) is 2. The summed E-state index contributed by atoms with van der Waals surface area (Å²) in [6.45, 7) is 1.76. The molecule has 0 spiro atoms. The Morgan fingerprint density at radius 3 is 2.90 bits per heavy atom. The van der Waals surface area contributed by atoms with Crippen LogP contribution >= 0.6 is 0 Å². The number of benzene rings is 1. The molecule has 0 radical (unpaired) electrons. The van der Waals surface area contributed by atoms with E-state index < -0.39 is 0 Å². The third-order valence-electron chi connectivity index (χ3n) is 4.75. The number of hydrogen-bond donors (Lipinski definition) is 1. The van der Waals surface area contributed by atoms with Crippen molar-refractivity contribution in [1.29, 1.82) is 0 Å². The van der Waals surface area contributed by atoms with E-state index in [0.717, 1.165) is 36.2 Å². The van der Waals surface area contributed by atoms with Crippen LogP contribution in [-0.4, -0.2) is 65.2 Å². The SMILES string of the molecule is COc1ccc2[nH]nc(C(=O)N3CC4CC3CN4C)c2c1. The minimum absolute atomic E-state index is 0.0232. The molecule has 2 saturated heterocycles. The smallest absolute Gasteiger partial charge is 0.275 e. The first-order valence-electron chi connectivity index (χ1n) is 7.20. The summed E-state index contributed by atoms with van der Waals surface area (Å²) >= 11 is 0. The van der Waals surface area contributed by atoms with E-state index in [-0.39, 0.29) is 5.91 Å². The summed E-state index contributed by atoms with van der Waals surface area (Å²) in [4.78, 5) is 17.1. The molecule has 6 heteroatoms. The van der Waals surface area contributed by atoms with Gasteiger partial charge >= 0.3 is 0 Å². The second kappa shape index (κ2) is 4.46. The number of hydrogen-bond acceptors (Lipinski definition) is 4. The van der Waals surface area contributed by atoms with Crippen LogP contribution < -0.4 is 4.74 Å². The zero-order chi connectivity index (χ0) is 14.6. The molecule has 1 amide bonds. The van der Waals surface area contributed by atoms with Crippen LogP contribution in [-0.2, 0) is 0 Å². The Balaban J connectivity index is 1.69. The Hall–Kier alpha value is -2.08. The molecule has 2 atom stereocenters. The van der Waals surface area contributed by atoms with Crippen LogP contribution in [0.2, 0.25) is 0 Å². The van der Waals surface area contributed by atoms with Gasteiger partial charge < -0.3 is 9.64 Å². The molecule has 21 heavy (non-hydrogen) atoms. The average molecular weight is 286 g/mol. The van der Waals surface area contributed by atoms with Crippen LogP contribution in [0.25, 0.3) is 10.9 Å². The quantitative estimate of drug-likeness (QED) is 0.898. The maximum absolute atomic E-state index is 12.8. The van der Waals surface area contributed by atoms with E-state index in [4.69, 9.17) is 4.74 Å². The highest BCUT2D eigenvalue weighted by molar-refractivity contribution is 6.05. The monoisotopic (exact) mass is 286 g/mol. The van der Waals surface area contributed by atoms with Gasteiger partial charge in [0.2, 0.25) is 0 Å². The molecule has 0 saturated carbocycles. The van der Waals surface area contributed by atoms with Gasteiger partial charge in [-0.15, -0.1) is 0 Å². The van der Waals surface area contributed by atoms with Gasteiger partial charge in [0.05, 0.1) is 12.6 Å². The minimum Gasteiger partial charge on any atom is -0.497 e. The molecule has 3 heterocycles. The van der Waals surface area contributed by atoms with Gasteiger partial charge in [-0.3, -0.25) is 14.8 Å². The summed E-state index contributed by atoms with van der Waals surface area (Å²) in [5.41, 5.74) is 1.36. The van der Waals surface area contributed by atoms with E-state index in [1.54, 1.807) is 7.11 Å². The zero-order valence-electron chi connectivity index (χ0n) is 12.2. The molecule has 2 fully saturated rings. The number of piperazine rings is 1. The molecule has 2 aliphatic rings. The molecule has 2 bridgehead atoms. The van der Waals surface area contributed by atoms with Crippen molar-refractivity contribution in [3.8, 4) is 5.75 Å². The highest BCUT2D eigenvalue weighted by Crippen LogP contribution is 2.31.